The van der Waals surface area contributed by atoms with Crippen molar-refractivity contribution in [1.29, 1.82) is 0 Å². The second-order valence-electron chi connectivity index (χ2n) is 8.40. The number of anilines is 1. The summed E-state index contributed by atoms with van der Waals surface area (Å²) in [5.74, 6) is 3.11. The zero-order valence-electron chi connectivity index (χ0n) is 15.0. The molecule has 0 bridgehead atoms. The molecule has 2 unspecified atom stereocenters. The molecule has 2 atom stereocenters. The lowest BCUT2D eigenvalue weighted by Crippen LogP contribution is -2.55. The highest BCUT2D eigenvalue weighted by molar-refractivity contribution is 5.51. The smallest absolute Gasteiger partial charge is 0.135 e. The van der Waals surface area contributed by atoms with Crippen molar-refractivity contribution in [3.8, 4) is 0 Å². The lowest BCUT2D eigenvalue weighted by Gasteiger charge is -2.48. The molecule has 0 spiro atoms. The minimum absolute atomic E-state index is 0.848. The van der Waals surface area contributed by atoms with Gasteiger partial charge in [0.25, 0.3) is 0 Å². The van der Waals surface area contributed by atoms with Crippen molar-refractivity contribution in [2.75, 3.05) is 24.5 Å². The van der Waals surface area contributed by atoms with Gasteiger partial charge in [0.15, 0.2) is 0 Å². The van der Waals surface area contributed by atoms with E-state index in [9.17, 15) is 0 Å². The lowest BCUT2D eigenvalue weighted by atomic mass is 9.83. The number of hydrogen-bond acceptors (Lipinski definition) is 4. The first-order valence-electron chi connectivity index (χ1n) is 10.2. The zero-order valence-corrected chi connectivity index (χ0v) is 15.0. The van der Waals surface area contributed by atoms with E-state index in [1.807, 2.05) is 0 Å². The first-order valence-corrected chi connectivity index (χ1v) is 10.2. The van der Waals surface area contributed by atoms with Crippen LogP contribution in [0.2, 0.25) is 0 Å². The highest BCUT2D eigenvalue weighted by atomic mass is 15.3. The molecule has 3 fully saturated rings. The molecular weight excluding hydrogens is 296 g/mol. The molecule has 2 saturated heterocycles. The Morgan fingerprint density at radius 2 is 1.79 bits per heavy atom. The number of fused-ring (bicyclic) bond motifs is 2. The Labute approximate surface area is 145 Å². The average molecular weight is 326 g/mol. The summed E-state index contributed by atoms with van der Waals surface area (Å²) in [6.45, 7) is 5.83. The summed E-state index contributed by atoms with van der Waals surface area (Å²) in [6, 6.07) is 1.78. The largest absolute Gasteiger partial charge is 0.356 e. The van der Waals surface area contributed by atoms with Crippen molar-refractivity contribution in [2.24, 2.45) is 5.92 Å². The summed E-state index contributed by atoms with van der Waals surface area (Å²) in [4.78, 5) is 15.2. The molecular formula is C20H30N4. The summed E-state index contributed by atoms with van der Waals surface area (Å²) in [5, 5.41) is 0. The monoisotopic (exact) mass is 326 g/mol. The van der Waals surface area contributed by atoms with Crippen LogP contribution in [0.1, 0.15) is 62.0 Å². The van der Waals surface area contributed by atoms with Crippen molar-refractivity contribution in [3.05, 3.63) is 17.1 Å². The van der Waals surface area contributed by atoms with E-state index >= 15 is 0 Å². The van der Waals surface area contributed by atoms with E-state index in [1.54, 1.807) is 0 Å². The Bertz CT molecular complexity index is 624. The minimum Gasteiger partial charge on any atom is -0.356 e. The average Bonchev–Trinajstić information content (AvgIpc) is 3.45. The second-order valence-corrected chi connectivity index (χ2v) is 8.40. The van der Waals surface area contributed by atoms with Crippen LogP contribution in [0.3, 0.4) is 0 Å². The summed E-state index contributed by atoms with van der Waals surface area (Å²) >= 11 is 0. The van der Waals surface area contributed by atoms with Gasteiger partial charge in [-0.3, -0.25) is 4.90 Å². The summed E-state index contributed by atoms with van der Waals surface area (Å²) in [6.07, 6.45) is 12.0. The van der Waals surface area contributed by atoms with Gasteiger partial charge >= 0.3 is 0 Å². The Kier molecular flexibility index (Phi) is 3.77. The van der Waals surface area contributed by atoms with Crippen molar-refractivity contribution in [2.45, 2.75) is 76.8 Å². The van der Waals surface area contributed by atoms with Gasteiger partial charge in [0.05, 0.1) is 0 Å². The fraction of sp³-hybridized carbons (Fsp3) is 0.800. The molecule has 2 aliphatic heterocycles. The molecule has 1 aromatic rings. The third kappa shape index (κ3) is 2.63. The van der Waals surface area contributed by atoms with Gasteiger partial charge in [-0.1, -0.05) is 0 Å². The van der Waals surface area contributed by atoms with Gasteiger partial charge in [0, 0.05) is 36.4 Å². The van der Waals surface area contributed by atoms with Crippen LogP contribution in [0.4, 0.5) is 5.82 Å². The van der Waals surface area contributed by atoms with Crippen LogP contribution in [-0.2, 0) is 12.8 Å². The first-order chi connectivity index (χ1) is 11.8. The number of aromatic nitrogens is 2. The maximum absolute atomic E-state index is 4.92. The first kappa shape index (κ1) is 15.1. The number of hydrogen-bond donors (Lipinski definition) is 0. The van der Waals surface area contributed by atoms with Gasteiger partial charge in [-0.2, -0.15) is 0 Å². The third-order valence-electron chi connectivity index (χ3n) is 6.70. The quantitative estimate of drug-likeness (QED) is 0.836. The Morgan fingerprint density at radius 3 is 2.67 bits per heavy atom. The summed E-state index contributed by atoms with van der Waals surface area (Å²) < 4.78 is 0. The van der Waals surface area contributed by atoms with Gasteiger partial charge in [-0.15, -0.1) is 0 Å². The Hall–Kier alpha value is -1.16. The molecule has 0 N–H and O–H groups in total. The van der Waals surface area contributed by atoms with Crippen LogP contribution < -0.4 is 4.90 Å². The van der Waals surface area contributed by atoms with Crippen molar-refractivity contribution >= 4 is 5.82 Å². The van der Waals surface area contributed by atoms with Crippen molar-refractivity contribution < 1.29 is 0 Å². The maximum Gasteiger partial charge on any atom is 0.135 e. The number of aryl methyl sites for hydroxylation is 2. The van der Waals surface area contributed by atoms with Gasteiger partial charge in [-0.25, -0.2) is 9.97 Å². The van der Waals surface area contributed by atoms with Crippen LogP contribution in [0, 0.1) is 12.8 Å². The van der Waals surface area contributed by atoms with Crippen molar-refractivity contribution in [3.63, 3.8) is 0 Å². The molecule has 3 heterocycles. The predicted molar refractivity (Wildman–Crippen MR) is 96.5 cm³/mol. The lowest BCUT2D eigenvalue weighted by molar-refractivity contribution is 0.0696. The molecule has 1 saturated carbocycles. The zero-order chi connectivity index (χ0) is 16.1. The van der Waals surface area contributed by atoms with E-state index < -0.39 is 0 Å². The molecule has 4 nitrogen and oxygen atoms in total. The van der Waals surface area contributed by atoms with Crippen LogP contribution in [0.5, 0.6) is 0 Å². The van der Waals surface area contributed by atoms with Crippen LogP contribution in [0.25, 0.3) is 0 Å². The summed E-state index contributed by atoms with van der Waals surface area (Å²) in [7, 11) is 0. The van der Waals surface area contributed by atoms with Crippen molar-refractivity contribution in [1.82, 2.24) is 14.9 Å². The van der Waals surface area contributed by atoms with E-state index in [1.165, 1.54) is 88.1 Å². The topological polar surface area (TPSA) is 32.3 Å². The van der Waals surface area contributed by atoms with E-state index in [0.29, 0.717) is 0 Å². The number of nitrogens with zero attached hydrogens (tertiary/aromatic N) is 4. The molecule has 0 aromatic carbocycles. The normalized spacial score (nSPS) is 30.8. The van der Waals surface area contributed by atoms with E-state index in [4.69, 9.17) is 9.97 Å². The van der Waals surface area contributed by atoms with Gasteiger partial charge in [0.1, 0.15) is 11.6 Å². The molecule has 5 rings (SSSR count). The highest BCUT2D eigenvalue weighted by Gasteiger charge is 2.42. The minimum atomic E-state index is 0.848. The highest BCUT2D eigenvalue weighted by Crippen LogP contribution is 2.40. The van der Waals surface area contributed by atoms with E-state index in [0.717, 1.165) is 30.2 Å². The summed E-state index contributed by atoms with van der Waals surface area (Å²) in [5.41, 5.74) is 2.81. The number of likely N-dealkylation sites (tertiary alicyclic amines) is 1. The molecule has 4 heteroatoms. The number of piperidine rings is 2. The second kappa shape index (κ2) is 5.98. The Balaban J connectivity index is 1.40. The molecule has 130 valence electrons. The van der Waals surface area contributed by atoms with Crippen LogP contribution >= 0.6 is 0 Å². The fourth-order valence-corrected chi connectivity index (χ4v) is 5.45. The fourth-order valence-electron chi connectivity index (χ4n) is 5.45. The van der Waals surface area contributed by atoms with Crippen LogP contribution in [0.15, 0.2) is 0 Å². The Morgan fingerprint density at radius 1 is 0.917 bits per heavy atom. The SMILES string of the molecule is Cc1nc2c(c(N3CCC4C(CCCN4C4CC4)C3)n1)CCCC2. The molecule has 0 radical (unpaired) electrons. The van der Waals surface area contributed by atoms with Crippen LogP contribution in [-0.4, -0.2) is 46.6 Å². The standard InChI is InChI=1S/C20H30N4/c1-14-21-18-7-3-2-6-17(18)20(22-14)23-12-10-19-15(13-23)5-4-11-24(19)16-8-9-16/h15-16,19H,2-13H2,1H3. The number of rotatable bonds is 2. The third-order valence-corrected chi connectivity index (χ3v) is 6.70. The van der Waals surface area contributed by atoms with E-state index in [-0.39, 0.29) is 0 Å². The molecule has 4 aliphatic rings. The molecule has 24 heavy (non-hydrogen) atoms. The predicted octanol–water partition coefficient (Wildman–Crippen LogP) is 3.12. The van der Waals surface area contributed by atoms with Gasteiger partial charge in [-0.05, 0) is 77.2 Å². The van der Waals surface area contributed by atoms with Gasteiger partial charge in [0.2, 0.25) is 0 Å². The van der Waals surface area contributed by atoms with Gasteiger partial charge < -0.3 is 4.90 Å². The van der Waals surface area contributed by atoms with E-state index in [2.05, 4.69) is 16.7 Å². The molecule has 1 aromatic heterocycles. The molecule has 2 aliphatic carbocycles. The maximum atomic E-state index is 4.92. The molecule has 0 amide bonds.